The molecule has 0 spiro atoms. The number of halogens is 1. The number of carboxylic acids is 1. The molecule has 4 nitrogen and oxygen atoms in total. The zero-order valence-electron chi connectivity index (χ0n) is 12.1. The molecule has 1 aromatic carbocycles. The van der Waals surface area contributed by atoms with Crippen LogP contribution in [0, 0.1) is 0 Å². The molecule has 0 radical (unpaired) electrons. The summed E-state index contributed by atoms with van der Waals surface area (Å²) in [7, 11) is 1.70. The van der Waals surface area contributed by atoms with E-state index in [1.165, 1.54) is 0 Å². The van der Waals surface area contributed by atoms with Crippen molar-refractivity contribution in [2.45, 2.75) is 37.5 Å². The minimum Gasteiger partial charge on any atom is -0.481 e. The van der Waals surface area contributed by atoms with Gasteiger partial charge in [0.2, 0.25) is 5.91 Å². The topological polar surface area (TPSA) is 57.6 Å². The van der Waals surface area contributed by atoms with Crippen LogP contribution in [0.4, 0.5) is 0 Å². The maximum Gasteiger partial charge on any atom is 0.305 e. The lowest BCUT2D eigenvalue weighted by Gasteiger charge is -2.33. The lowest BCUT2D eigenvalue weighted by Crippen LogP contribution is -2.44. The highest BCUT2D eigenvalue weighted by Gasteiger charge is 2.44. The van der Waals surface area contributed by atoms with Crippen molar-refractivity contribution in [3.8, 4) is 0 Å². The molecule has 0 aliphatic heterocycles. The first kappa shape index (κ1) is 16.0. The Morgan fingerprint density at radius 3 is 2.33 bits per heavy atom. The minimum absolute atomic E-state index is 0.0152. The van der Waals surface area contributed by atoms with Gasteiger partial charge in [-0.3, -0.25) is 9.59 Å². The summed E-state index contributed by atoms with van der Waals surface area (Å²) in [5.74, 6) is -0.831. The molecular weight excluding hydrogens is 334 g/mol. The third-order valence-corrected chi connectivity index (χ3v) is 4.80. The number of amides is 1. The molecule has 0 aromatic heterocycles. The Hall–Kier alpha value is -1.36. The number of hydrogen-bond donors (Lipinski definition) is 1. The van der Waals surface area contributed by atoms with E-state index in [0.29, 0.717) is 0 Å². The Morgan fingerprint density at radius 2 is 1.81 bits per heavy atom. The number of benzene rings is 1. The van der Waals surface area contributed by atoms with E-state index in [9.17, 15) is 9.59 Å². The molecule has 5 heteroatoms. The molecule has 0 atom stereocenters. The van der Waals surface area contributed by atoms with Gasteiger partial charge in [0.15, 0.2) is 0 Å². The average molecular weight is 354 g/mol. The molecule has 2 rings (SSSR count). The number of nitrogens with zero attached hydrogens (tertiary/aromatic N) is 1. The molecule has 1 aliphatic rings. The molecule has 0 bridgehead atoms. The van der Waals surface area contributed by atoms with E-state index >= 15 is 0 Å². The summed E-state index contributed by atoms with van der Waals surface area (Å²) in [6, 6.07) is 7.91. The average Bonchev–Trinajstić information content (AvgIpc) is 2.95. The van der Waals surface area contributed by atoms with Crippen molar-refractivity contribution in [2.24, 2.45) is 0 Å². The van der Waals surface area contributed by atoms with Crippen LogP contribution >= 0.6 is 15.9 Å². The van der Waals surface area contributed by atoms with Crippen molar-refractivity contribution in [1.82, 2.24) is 4.90 Å². The van der Waals surface area contributed by atoms with E-state index in [-0.39, 0.29) is 18.9 Å². The summed E-state index contributed by atoms with van der Waals surface area (Å²) in [6.07, 6.45) is 3.73. The largest absolute Gasteiger partial charge is 0.481 e. The van der Waals surface area contributed by atoms with E-state index in [1.807, 2.05) is 24.3 Å². The number of rotatable bonds is 5. The van der Waals surface area contributed by atoms with Gasteiger partial charge in [0, 0.05) is 18.1 Å². The first-order valence-corrected chi connectivity index (χ1v) is 7.98. The quantitative estimate of drug-likeness (QED) is 0.884. The first-order chi connectivity index (χ1) is 9.95. The van der Waals surface area contributed by atoms with Crippen LogP contribution in [-0.2, 0) is 15.0 Å². The molecule has 0 heterocycles. The highest BCUT2D eigenvalue weighted by Crippen LogP contribution is 2.42. The van der Waals surface area contributed by atoms with Gasteiger partial charge < -0.3 is 10.0 Å². The minimum atomic E-state index is -0.876. The smallest absolute Gasteiger partial charge is 0.305 e. The Labute approximate surface area is 133 Å². The van der Waals surface area contributed by atoms with Gasteiger partial charge in [-0.2, -0.15) is 0 Å². The van der Waals surface area contributed by atoms with Crippen LogP contribution in [-0.4, -0.2) is 35.5 Å². The Balaban J connectivity index is 2.23. The van der Waals surface area contributed by atoms with Crippen molar-refractivity contribution in [3.05, 3.63) is 34.3 Å². The standard InChI is InChI=1S/C16H20BrNO3/c1-18(11-8-14(19)20)15(21)16(9-2-3-10-16)12-4-6-13(17)7-5-12/h4-7H,2-3,8-11H2,1H3,(H,19,20). The number of carbonyl (C=O) groups excluding carboxylic acids is 1. The van der Waals surface area contributed by atoms with Crippen LogP contribution in [0.15, 0.2) is 28.7 Å². The Bertz CT molecular complexity index is 521. The summed E-state index contributed by atoms with van der Waals surface area (Å²) in [5.41, 5.74) is 0.559. The van der Waals surface area contributed by atoms with Gasteiger partial charge in [-0.15, -0.1) is 0 Å². The van der Waals surface area contributed by atoms with Gasteiger partial charge in [0.25, 0.3) is 0 Å². The fourth-order valence-electron chi connectivity index (χ4n) is 3.10. The van der Waals surface area contributed by atoms with E-state index < -0.39 is 11.4 Å². The van der Waals surface area contributed by atoms with E-state index in [4.69, 9.17) is 5.11 Å². The van der Waals surface area contributed by atoms with E-state index in [0.717, 1.165) is 35.7 Å². The molecule has 1 aromatic rings. The second kappa shape index (κ2) is 6.60. The number of hydrogen-bond acceptors (Lipinski definition) is 2. The highest BCUT2D eigenvalue weighted by molar-refractivity contribution is 9.10. The molecule has 21 heavy (non-hydrogen) atoms. The van der Waals surface area contributed by atoms with Crippen molar-refractivity contribution >= 4 is 27.8 Å². The predicted octanol–water partition coefficient (Wildman–Crippen LogP) is 3.19. The summed E-state index contributed by atoms with van der Waals surface area (Å²) in [6.45, 7) is 0.256. The number of carboxylic acid groups (broad SMARTS) is 1. The number of likely N-dealkylation sites (N-methyl/N-ethyl adjacent to an activating group) is 1. The van der Waals surface area contributed by atoms with Gasteiger partial charge in [0.05, 0.1) is 11.8 Å². The van der Waals surface area contributed by atoms with Crippen LogP contribution in [0.1, 0.15) is 37.7 Å². The second-order valence-electron chi connectivity index (χ2n) is 5.67. The molecular formula is C16H20BrNO3. The lowest BCUT2D eigenvalue weighted by atomic mass is 9.77. The fourth-order valence-corrected chi connectivity index (χ4v) is 3.37. The summed E-state index contributed by atoms with van der Waals surface area (Å²) in [4.78, 5) is 25.1. The lowest BCUT2D eigenvalue weighted by molar-refractivity contribution is -0.139. The number of aliphatic carboxylic acids is 1. The zero-order chi connectivity index (χ0) is 15.5. The Morgan fingerprint density at radius 1 is 1.24 bits per heavy atom. The van der Waals surface area contributed by atoms with Crippen molar-refractivity contribution in [2.75, 3.05) is 13.6 Å². The van der Waals surface area contributed by atoms with Crippen molar-refractivity contribution in [1.29, 1.82) is 0 Å². The summed E-state index contributed by atoms with van der Waals surface area (Å²) in [5, 5.41) is 8.78. The monoisotopic (exact) mass is 353 g/mol. The van der Waals surface area contributed by atoms with Crippen LogP contribution in [0.25, 0.3) is 0 Å². The van der Waals surface area contributed by atoms with Crippen LogP contribution in [0.2, 0.25) is 0 Å². The van der Waals surface area contributed by atoms with E-state index in [1.54, 1.807) is 11.9 Å². The third kappa shape index (κ3) is 3.46. The maximum absolute atomic E-state index is 12.9. The van der Waals surface area contributed by atoms with Crippen LogP contribution in [0.5, 0.6) is 0 Å². The van der Waals surface area contributed by atoms with Crippen LogP contribution < -0.4 is 0 Å². The van der Waals surface area contributed by atoms with Gasteiger partial charge in [-0.25, -0.2) is 0 Å². The zero-order valence-corrected chi connectivity index (χ0v) is 13.7. The third-order valence-electron chi connectivity index (χ3n) is 4.27. The predicted molar refractivity (Wildman–Crippen MR) is 84.2 cm³/mol. The highest BCUT2D eigenvalue weighted by atomic mass is 79.9. The molecule has 0 saturated heterocycles. The maximum atomic E-state index is 12.9. The van der Waals surface area contributed by atoms with Crippen LogP contribution in [0.3, 0.4) is 0 Å². The SMILES string of the molecule is CN(CCC(=O)O)C(=O)C1(c2ccc(Br)cc2)CCCC1. The Kier molecular flexibility index (Phi) is 5.04. The molecule has 0 unspecified atom stereocenters. The second-order valence-corrected chi connectivity index (χ2v) is 6.58. The van der Waals surface area contributed by atoms with Gasteiger partial charge in [-0.1, -0.05) is 40.9 Å². The van der Waals surface area contributed by atoms with Crippen molar-refractivity contribution in [3.63, 3.8) is 0 Å². The van der Waals surface area contributed by atoms with Crippen molar-refractivity contribution < 1.29 is 14.7 Å². The molecule has 114 valence electrons. The molecule has 1 amide bonds. The van der Waals surface area contributed by atoms with E-state index in [2.05, 4.69) is 15.9 Å². The summed E-state index contributed by atoms with van der Waals surface area (Å²) < 4.78 is 0.992. The summed E-state index contributed by atoms with van der Waals surface area (Å²) >= 11 is 3.42. The molecule has 1 fully saturated rings. The fraction of sp³-hybridized carbons (Fsp3) is 0.500. The normalized spacial score (nSPS) is 16.7. The molecule has 1 aliphatic carbocycles. The number of carbonyl (C=O) groups is 2. The van der Waals surface area contributed by atoms with Gasteiger partial charge in [0.1, 0.15) is 0 Å². The molecule has 1 saturated carbocycles. The van der Waals surface area contributed by atoms with Gasteiger partial charge in [-0.05, 0) is 30.5 Å². The molecule has 1 N–H and O–H groups in total. The van der Waals surface area contributed by atoms with Gasteiger partial charge >= 0.3 is 5.97 Å². The first-order valence-electron chi connectivity index (χ1n) is 7.19.